The lowest BCUT2D eigenvalue weighted by Gasteiger charge is -2.34. The Morgan fingerprint density at radius 1 is 1.30 bits per heavy atom. The minimum absolute atomic E-state index is 0.0693. The summed E-state index contributed by atoms with van der Waals surface area (Å²) in [6.07, 6.45) is 4.18. The molecule has 1 aliphatic heterocycles. The Kier molecular flexibility index (Phi) is 5.71. The predicted molar refractivity (Wildman–Crippen MR) is 98.3 cm³/mol. The van der Waals surface area contributed by atoms with Crippen molar-refractivity contribution < 1.29 is 9.72 Å². The van der Waals surface area contributed by atoms with Crippen molar-refractivity contribution in [1.29, 1.82) is 0 Å². The van der Waals surface area contributed by atoms with Crippen LogP contribution in [0.5, 0.6) is 0 Å². The maximum Gasteiger partial charge on any atom is 0.355 e. The molecule has 142 valence electrons. The predicted octanol–water partition coefficient (Wildman–Crippen LogP) is 0.679. The summed E-state index contributed by atoms with van der Waals surface area (Å²) in [6, 6.07) is 3.20. The average Bonchev–Trinajstić information content (AvgIpc) is 2.72. The van der Waals surface area contributed by atoms with Crippen LogP contribution in [-0.2, 0) is 0 Å². The van der Waals surface area contributed by atoms with Crippen LogP contribution >= 0.6 is 0 Å². The van der Waals surface area contributed by atoms with E-state index >= 15 is 0 Å². The number of hydrogen-bond acceptors (Lipinski definition) is 9. The molecule has 2 aromatic heterocycles. The first-order valence-electron chi connectivity index (χ1n) is 8.53. The Bertz CT molecular complexity index is 809. The molecule has 1 fully saturated rings. The van der Waals surface area contributed by atoms with Crippen LogP contribution in [0.1, 0.15) is 17.3 Å². The lowest BCUT2D eigenvalue weighted by molar-refractivity contribution is -0.383. The minimum atomic E-state index is -0.542. The fourth-order valence-corrected chi connectivity index (χ4v) is 2.82. The van der Waals surface area contributed by atoms with Gasteiger partial charge in [-0.15, -0.1) is 0 Å². The molecule has 0 spiro atoms. The standard InChI is InChI=1S/C16H20N8O3/c1-2-22-6-8-23(9-7-22)15-13(24(26)27)14(18-11-19-15)20-21-16(25)12-4-3-5-17-10-12/h3-5,10-11H,2,6-9H2,1H3,(H,21,25)(H,18,19,20). The number of piperazine rings is 1. The maximum atomic E-state index is 12.1. The van der Waals surface area contributed by atoms with E-state index < -0.39 is 10.8 Å². The zero-order valence-corrected chi connectivity index (χ0v) is 14.8. The van der Waals surface area contributed by atoms with Crippen LogP contribution in [0.25, 0.3) is 0 Å². The van der Waals surface area contributed by atoms with E-state index in [9.17, 15) is 14.9 Å². The molecule has 0 aromatic carbocycles. The molecule has 1 amide bonds. The molecule has 0 unspecified atom stereocenters. The van der Waals surface area contributed by atoms with E-state index in [1.165, 1.54) is 12.5 Å². The monoisotopic (exact) mass is 372 g/mol. The highest BCUT2D eigenvalue weighted by Gasteiger charge is 2.29. The van der Waals surface area contributed by atoms with Crippen molar-refractivity contribution in [2.45, 2.75) is 6.92 Å². The first-order chi connectivity index (χ1) is 13.1. The van der Waals surface area contributed by atoms with Crippen LogP contribution < -0.4 is 15.8 Å². The van der Waals surface area contributed by atoms with Crippen LogP contribution in [-0.4, -0.2) is 63.4 Å². The molecule has 0 aliphatic carbocycles. The molecular formula is C16H20N8O3. The van der Waals surface area contributed by atoms with Gasteiger partial charge < -0.3 is 9.80 Å². The fourth-order valence-electron chi connectivity index (χ4n) is 2.82. The topological polar surface area (TPSA) is 129 Å². The van der Waals surface area contributed by atoms with E-state index in [1.807, 2.05) is 4.90 Å². The third kappa shape index (κ3) is 4.26. The number of nitrogens with zero attached hydrogens (tertiary/aromatic N) is 6. The van der Waals surface area contributed by atoms with Gasteiger partial charge in [0, 0.05) is 38.6 Å². The largest absolute Gasteiger partial charge is 0.355 e. The number of hydrogen-bond donors (Lipinski definition) is 2. The average molecular weight is 372 g/mol. The molecule has 27 heavy (non-hydrogen) atoms. The number of anilines is 2. The summed E-state index contributed by atoms with van der Waals surface area (Å²) in [5.74, 6) is -0.307. The molecule has 1 saturated heterocycles. The van der Waals surface area contributed by atoms with Crippen LogP contribution in [0.15, 0.2) is 30.9 Å². The van der Waals surface area contributed by atoms with Crippen molar-refractivity contribution in [3.8, 4) is 0 Å². The number of nitrogens with one attached hydrogen (secondary N) is 2. The van der Waals surface area contributed by atoms with Crippen molar-refractivity contribution >= 4 is 23.2 Å². The summed E-state index contributed by atoms with van der Waals surface area (Å²) in [4.78, 5) is 39.2. The third-order valence-electron chi connectivity index (χ3n) is 4.32. The van der Waals surface area contributed by atoms with Crippen LogP contribution in [0.4, 0.5) is 17.3 Å². The molecule has 0 radical (unpaired) electrons. The van der Waals surface area contributed by atoms with E-state index in [0.29, 0.717) is 18.7 Å². The molecule has 2 aromatic rings. The van der Waals surface area contributed by atoms with Crippen molar-refractivity contribution in [2.75, 3.05) is 43.0 Å². The lowest BCUT2D eigenvalue weighted by atomic mass is 10.3. The van der Waals surface area contributed by atoms with Crippen molar-refractivity contribution in [3.63, 3.8) is 0 Å². The number of carbonyl (C=O) groups is 1. The van der Waals surface area contributed by atoms with Crippen LogP contribution in [0.2, 0.25) is 0 Å². The SMILES string of the molecule is CCN1CCN(c2ncnc(NNC(=O)c3cccnc3)c2[N+](=O)[O-])CC1. The zero-order chi connectivity index (χ0) is 19.2. The Labute approximate surface area is 155 Å². The number of hydrazine groups is 1. The number of nitro groups is 1. The Morgan fingerprint density at radius 2 is 2.07 bits per heavy atom. The first kappa shape index (κ1) is 18.5. The van der Waals surface area contributed by atoms with Gasteiger partial charge in [-0.05, 0) is 18.7 Å². The number of amides is 1. The number of aromatic nitrogens is 3. The van der Waals surface area contributed by atoms with E-state index in [-0.39, 0.29) is 17.3 Å². The van der Waals surface area contributed by atoms with Crippen molar-refractivity contribution in [2.24, 2.45) is 0 Å². The van der Waals surface area contributed by atoms with Crippen molar-refractivity contribution in [3.05, 3.63) is 46.5 Å². The second kappa shape index (κ2) is 8.36. The molecule has 11 nitrogen and oxygen atoms in total. The Hall–Kier alpha value is -3.34. The molecule has 2 N–H and O–H groups in total. The van der Waals surface area contributed by atoms with Gasteiger partial charge in [-0.1, -0.05) is 6.92 Å². The highest BCUT2D eigenvalue weighted by atomic mass is 16.6. The van der Waals surface area contributed by atoms with Crippen LogP contribution in [0, 0.1) is 10.1 Å². The number of rotatable bonds is 6. The van der Waals surface area contributed by atoms with Gasteiger partial charge in [-0.3, -0.25) is 30.7 Å². The number of likely N-dealkylation sites (N-methyl/N-ethyl adjacent to an activating group) is 1. The lowest BCUT2D eigenvalue weighted by Crippen LogP contribution is -2.46. The Morgan fingerprint density at radius 3 is 2.70 bits per heavy atom. The zero-order valence-electron chi connectivity index (χ0n) is 14.8. The number of pyridine rings is 1. The van der Waals surface area contributed by atoms with Gasteiger partial charge in [-0.25, -0.2) is 9.97 Å². The van der Waals surface area contributed by atoms with E-state index in [1.54, 1.807) is 18.3 Å². The minimum Gasteiger partial charge on any atom is -0.348 e. The molecule has 0 saturated carbocycles. The van der Waals surface area contributed by atoms with Gasteiger partial charge in [0.1, 0.15) is 6.33 Å². The van der Waals surface area contributed by atoms with Gasteiger partial charge in [0.2, 0.25) is 11.6 Å². The van der Waals surface area contributed by atoms with Gasteiger partial charge in [-0.2, -0.15) is 0 Å². The van der Waals surface area contributed by atoms with Crippen molar-refractivity contribution in [1.82, 2.24) is 25.3 Å². The molecule has 3 rings (SSSR count). The summed E-state index contributed by atoms with van der Waals surface area (Å²) < 4.78 is 0. The van der Waals surface area contributed by atoms with Crippen LogP contribution in [0.3, 0.4) is 0 Å². The summed E-state index contributed by atoms with van der Waals surface area (Å²) in [6.45, 7) is 5.89. The number of carbonyl (C=O) groups excluding carboxylic acids is 1. The third-order valence-corrected chi connectivity index (χ3v) is 4.32. The molecule has 0 atom stereocenters. The Balaban J connectivity index is 1.78. The molecule has 1 aliphatic rings. The van der Waals surface area contributed by atoms with Gasteiger partial charge in [0.25, 0.3) is 5.91 Å². The van der Waals surface area contributed by atoms with Gasteiger partial charge in [0.05, 0.1) is 10.5 Å². The first-order valence-corrected chi connectivity index (χ1v) is 8.53. The fraction of sp³-hybridized carbons (Fsp3) is 0.375. The van der Waals surface area contributed by atoms with E-state index in [0.717, 1.165) is 19.6 Å². The quantitative estimate of drug-likeness (QED) is 0.555. The highest BCUT2D eigenvalue weighted by molar-refractivity contribution is 5.94. The summed E-state index contributed by atoms with van der Waals surface area (Å²) in [5.41, 5.74) is 4.99. The molecule has 3 heterocycles. The summed E-state index contributed by atoms with van der Waals surface area (Å²) in [7, 11) is 0. The molecule has 11 heteroatoms. The second-order valence-corrected chi connectivity index (χ2v) is 5.89. The second-order valence-electron chi connectivity index (χ2n) is 5.89. The van der Waals surface area contributed by atoms with E-state index in [4.69, 9.17) is 0 Å². The molecular weight excluding hydrogens is 352 g/mol. The normalized spacial score (nSPS) is 14.6. The van der Waals surface area contributed by atoms with E-state index in [2.05, 4.69) is 37.6 Å². The highest BCUT2D eigenvalue weighted by Crippen LogP contribution is 2.31. The van der Waals surface area contributed by atoms with Gasteiger partial charge in [0.15, 0.2) is 0 Å². The smallest absolute Gasteiger partial charge is 0.348 e. The summed E-state index contributed by atoms with van der Waals surface area (Å²) >= 11 is 0. The molecule has 0 bridgehead atoms. The van der Waals surface area contributed by atoms with Gasteiger partial charge >= 0.3 is 5.69 Å². The summed E-state index contributed by atoms with van der Waals surface area (Å²) in [5, 5.41) is 11.6. The maximum absolute atomic E-state index is 12.1.